The van der Waals surface area contributed by atoms with Gasteiger partial charge in [-0.1, -0.05) is 67.3 Å². The second kappa shape index (κ2) is 7.44. The van der Waals surface area contributed by atoms with Crippen LogP contribution in [-0.2, 0) is 4.79 Å². The summed E-state index contributed by atoms with van der Waals surface area (Å²) in [4.78, 5) is 17.5. The molecule has 1 heterocycles. The number of amides is 1. The summed E-state index contributed by atoms with van der Waals surface area (Å²) in [6.45, 7) is 6.61. The van der Waals surface area contributed by atoms with Crippen molar-refractivity contribution in [2.24, 2.45) is 0 Å². The van der Waals surface area contributed by atoms with Crippen molar-refractivity contribution in [1.29, 1.82) is 0 Å². The highest BCUT2D eigenvalue weighted by Crippen LogP contribution is 2.25. The van der Waals surface area contributed by atoms with Gasteiger partial charge < -0.3 is 5.32 Å². The van der Waals surface area contributed by atoms with Crippen LogP contribution in [-0.4, -0.2) is 19.0 Å². The van der Waals surface area contributed by atoms with E-state index in [0.29, 0.717) is 16.3 Å². The van der Waals surface area contributed by atoms with Crippen molar-refractivity contribution in [1.82, 2.24) is 4.98 Å². The zero-order valence-electron chi connectivity index (χ0n) is 15.1. The first kappa shape index (κ1) is 18.4. The summed E-state index contributed by atoms with van der Waals surface area (Å²) in [6, 6.07) is 17.0. The van der Waals surface area contributed by atoms with Gasteiger partial charge in [0.05, 0.1) is 19.3 Å². The summed E-state index contributed by atoms with van der Waals surface area (Å²) in [6.07, 6.45) is 1.73. The van der Waals surface area contributed by atoms with E-state index in [1.165, 1.54) is 0 Å². The smallest absolute Gasteiger partial charge is 0.255 e. The molecule has 132 valence electrons. The number of nitrogens with zero attached hydrogens (tertiary/aromatic N) is 1. The highest BCUT2D eigenvalue weighted by molar-refractivity contribution is 6.82. The second-order valence-electron chi connectivity index (χ2n) is 7.27. The number of carbonyl (C=O) groups excluding carboxylic acids is 1. The maximum absolute atomic E-state index is 13.1. The summed E-state index contributed by atoms with van der Waals surface area (Å²) in [5.74, 6) is -0.132. The van der Waals surface area contributed by atoms with Gasteiger partial charge in [-0.15, -0.1) is 0 Å². The van der Waals surface area contributed by atoms with E-state index in [9.17, 15) is 4.79 Å². The Bertz CT molecular complexity index is 970. The Hall–Kier alpha value is -2.43. The Labute approximate surface area is 159 Å². The number of fused-ring (bicyclic) bond motifs is 1. The molecule has 0 spiro atoms. The minimum absolute atomic E-state index is 0.132. The molecule has 0 aliphatic carbocycles. The molecule has 0 radical (unpaired) electrons. The fraction of sp³-hybridized carbons (Fsp3) is 0.143. The Morgan fingerprint density at radius 3 is 2.42 bits per heavy atom. The van der Waals surface area contributed by atoms with Gasteiger partial charge in [-0.05, 0) is 29.8 Å². The van der Waals surface area contributed by atoms with Gasteiger partial charge in [0.15, 0.2) is 0 Å². The average Bonchev–Trinajstić information content (AvgIpc) is 2.60. The van der Waals surface area contributed by atoms with Crippen molar-refractivity contribution in [2.75, 3.05) is 5.32 Å². The van der Waals surface area contributed by atoms with Crippen LogP contribution in [0.2, 0.25) is 24.7 Å². The van der Waals surface area contributed by atoms with Crippen LogP contribution in [0, 0.1) is 0 Å². The minimum Gasteiger partial charge on any atom is -0.320 e. The Morgan fingerprint density at radius 2 is 1.73 bits per heavy atom. The minimum atomic E-state index is -1.62. The van der Waals surface area contributed by atoms with Crippen molar-refractivity contribution in [3.8, 4) is 0 Å². The van der Waals surface area contributed by atoms with Gasteiger partial charge in [0.2, 0.25) is 0 Å². The van der Waals surface area contributed by atoms with E-state index in [1.807, 2.05) is 54.6 Å². The molecule has 0 aliphatic rings. The summed E-state index contributed by atoms with van der Waals surface area (Å²) in [7, 11) is -1.62. The van der Waals surface area contributed by atoms with Crippen molar-refractivity contribution >= 4 is 47.7 Å². The largest absolute Gasteiger partial charge is 0.320 e. The SMILES string of the molecule is C[Si](C)(C)/C=C(/C(=O)Nc1cccc2cccnc12)c1ccc(Cl)cc1. The Morgan fingerprint density at radius 1 is 1.04 bits per heavy atom. The number of pyridine rings is 1. The molecule has 3 aromatic rings. The van der Waals surface area contributed by atoms with E-state index in [1.54, 1.807) is 6.20 Å². The third-order valence-corrected chi connectivity index (χ3v) is 5.26. The number of anilines is 1. The molecule has 0 atom stereocenters. The van der Waals surface area contributed by atoms with Crippen LogP contribution in [0.4, 0.5) is 5.69 Å². The molecule has 0 saturated heterocycles. The van der Waals surface area contributed by atoms with Gasteiger partial charge in [0.25, 0.3) is 5.91 Å². The predicted octanol–water partition coefficient (Wildman–Crippen LogP) is 5.79. The molecular formula is C21H21ClN2OSi. The molecule has 0 aliphatic heterocycles. The number of para-hydroxylation sites is 1. The van der Waals surface area contributed by atoms with Crippen molar-refractivity contribution in [3.63, 3.8) is 0 Å². The number of aromatic nitrogens is 1. The zero-order valence-corrected chi connectivity index (χ0v) is 16.8. The standard InChI is InChI=1S/C21H21ClN2OSi/c1-26(2,3)14-18(15-9-11-17(22)12-10-15)21(25)24-19-8-4-6-16-7-5-13-23-20(16)19/h4-14H,1-3H3,(H,24,25)/b18-14+. The Kier molecular flexibility index (Phi) is 5.25. The molecule has 1 N–H and O–H groups in total. The molecule has 26 heavy (non-hydrogen) atoms. The van der Waals surface area contributed by atoms with Crippen LogP contribution in [0.5, 0.6) is 0 Å². The molecule has 1 aromatic heterocycles. The van der Waals surface area contributed by atoms with E-state index in [4.69, 9.17) is 11.6 Å². The van der Waals surface area contributed by atoms with Crippen molar-refractivity contribution in [3.05, 3.63) is 77.1 Å². The lowest BCUT2D eigenvalue weighted by Crippen LogP contribution is -2.21. The van der Waals surface area contributed by atoms with E-state index in [2.05, 4.69) is 35.6 Å². The summed E-state index contributed by atoms with van der Waals surface area (Å²) >= 11 is 6.00. The van der Waals surface area contributed by atoms with E-state index in [0.717, 1.165) is 16.5 Å². The monoisotopic (exact) mass is 380 g/mol. The topological polar surface area (TPSA) is 42.0 Å². The van der Waals surface area contributed by atoms with Crippen LogP contribution in [0.1, 0.15) is 5.56 Å². The maximum Gasteiger partial charge on any atom is 0.255 e. The number of halogens is 1. The molecule has 5 heteroatoms. The van der Waals surface area contributed by atoms with Gasteiger partial charge in [-0.2, -0.15) is 0 Å². The van der Waals surface area contributed by atoms with E-state index < -0.39 is 8.07 Å². The highest BCUT2D eigenvalue weighted by atomic mass is 35.5. The number of nitrogens with one attached hydrogen (secondary N) is 1. The van der Waals surface area contributed by atoms with Crippen LogP contribution in [0.3, 0.4) is 0 Å². The first-order valence-electron chi connectivity index (χ1n) is 8.47. The highest BCUT2D eigenvalue weighted by Gasteiger charge is 2.19. The third-order valence-electron chi connectivity index (χ3n) is 3.86. The van der Waals surface area contributed by atoms with Crippen LogP contribution in [0.25, 0.3) is 16.5 Å². The third kappa shape index (κ3) is 4.39. The quantitative estimate of drug-likeness (QED) is 0.460. The van der Waals surface area contributed by atoms with Gasteiger partial charge in [-0.3, -0.25) is 9.78 Å². The van der Waals surface area contributed by atoms with Crippen LogP contribution in [0.15, 0.2) is 66.5 Å². The molecule has 0 saturated carbocycles. The van der Waals surface area contributed by atoms with Gasteiger partial charge in [0.1, 0.15) is 0 Å². The van der Waals surface area contributed by atoms with Gasteiger partial charge >= 0.3 is 0 Å². The molecule has 1 amide bonds. The maximum atomic E-state index is 13.1. The summed E-state index contributed by atoms with van der Waals surface area (Å²) in [5.41, 5.74) is 5.15. The lowest BCUT2D eigenvalue weighted by Gasteiger charge is -2.16. The van der Waals surface area contributed by atoms with Crippen LogP contribution >= 0.6 is 11.6 Å². The molecule has 3 rings (SSSR count). The zero-order chi connectivity index (χ0) is 18.7. The van der Waals surface area contributed by atoms with E-state index >= 15 is 0 Å². The number of rotatable bonds is 4. The predicted molar refractivity (Wildman–Crippen MR) is 113 cm³/mol. The van der Waals surface area contributed by atoms with Crippen molar-refractivity contribution < 1.29 is 4.79 Å². The number of benzene rings is 2. The summed E-state index contributed by atoms with van der Waals surface area (Å²) < 4.78 is 0. The van der Waals surface area contributed by atoms with E-state index in [-0.39, 0.29) is 5.91 Å². The number of hydrogen-bond donors (Lipinski definition) is 1. The first-order chi connectivity index (χ1) is 12.3. The molecular weight excluding hydrogens is 360 g/mol. The fourth-order valence-electron chi connectivity index (χ4n) is 2.74. The van der Waals surface area contributed by atoms with Gasteiger partial charge in [-0.25, -0.2) is 0 Å². The number of carbonyl (C=O) groups is 1. The van der Waals surface area contributed by atoms with Crippen molar-refractivity contribution in [2.45, 2.75) is 19.6 Å². The Balaban J connectivity index is 2.00. The van der Waals surface area contributed by atoms with Gasteiger partial charge in [0, 0.05) is 22.2 Å². The molecule has 0 bridgehead atoms. The molecule has 0 unspecified atom stereocenters. The fourth-order valence-corrected chi connectivity index (χ4v) is 4.03. The normalized spacial score (nSPS) is 12.2. The average molecular weight is 381 g/mol. The summed E-state index contributed by atoms with van der Waals surface area (Å²) in [5, 5.41) is 4.69. The molecule has 0 fully saturated rings. The second-order valence-corrected chi connectivity index (χ2v) is 12.7. The lowest BCUT2D eigenvalue weighted by molar-refractivity contribution is -0.111. The lowest BCUT2D eigenvalue weighted by atomic mass is 10.1. The first-order valence-corrected chi connectivity index (χ1v) is 12.4. The number of hydrogen-bond acceptors (Lipinski definition) is 2. The molecule has 2 aromatic carbocycles. The van der Waals surface area contributed by atoms with Crippen LogP contribution < -0.4 is 5.32 Å². The molecule has 3 nitrogen and oxygen atoms in total.